The molecule has 1 atom stereocenters. The van der Waals surface area contributed by atoms with Crippen molar-refractivity contribution in [2.24, 2.45) is 0 Å². The minimum Gasteiger partial charge on any atom is -0.377 e. The zero-order valence-corrected chi connectivity index (χ0v) is 11.3. The van der Waals surface area contributed by atoms with Crippen molar-refractivity contribution in [1.29, 1.82) is 0 Å². The van der Waals surface area contributed by atoms with Crippen LogP contribution in [0, 0.1) is 20.8 Å². The average molecular weight is 243 g/mol. The normalized spacial score (nSPS) is 17.9. The monoisotopic (exact) mass is 243 g/mol. The molecule has 0 amide bonds. The molecule has 17 heavy (non-hydrogen) atoms. The molecular formula is C15H17NS. The highest BCUT2D eigenvalue weighted by Gasteiger charge is 2.24. The molecule has 0 saturated carbocycles. The number of rotatable bonds is 1. The molecule has 3 rings (SSSR count). The molecule has 2 aromatic rings. The van der Waals surface area contributed by atoms with Gasteiger partial charge in [0.05, 0.1) is 6.04 Å². The highest BCUT2D eigenvalue weighted by molar-refractivity contribution is 7.12. The minimum absolute atomic E-state index is 0.476. The molecule has 0 fully saturated rings. The molecule has 1 aromatic heterocycles. The van der Waals surface area contributed by atoms with Crippen molar-refractivity contribution in [1.82, 2.24) is 0 Å². The van der Waals surface area contributed by atoms with E-state index in [1.807, 2.05) is 11.3 Å². The molecule has 0 aliphatic carbocycles. The van der Waals surface area contributed by atoms with Crippen LogP contribution in [0.1, 0.15) is 32.5 Å². The van der Waals surface area contributed by atoms with Crippen LogP contribution in [0.5, 0.6) is 0 Å². The molecule has 1 aromatic carbocycles. The van der Waals surface area contributed by atoms with E-state index >= 15 is 0 Å². The Morgan fingerprint density at radius 2 is 1.94 bits per heavy atom. The summed E-state index contributed by atoms with van der Waals surface area (Å²) in [6.45, 7) is 6.56. The van der Waals surface area contributed by atoms with Gasteiger partial charge in [-0.25, -0.2) is 0 Å². The van der Waals surface area contributed by atoms with E-state index < -0.39 is 0 Å². The molecule has 1 aliphatic heterocycles. The fraction of sp³-hybridized carbons (Fsp3) is 0.333. The number of aryl methyl sites for hydroxylation is 2. The van der Waals surface area contributed by atoms with Gasteiger partial charge in [0.15, 0.2) is 0 Å². The van der Waals surface area contributed by atoms with Gasteiger partial charge in [-0.3, -0.25) is 0 Å². The van der Waals surface area contributed by atoms with Crippen LogP contribution in [0.3, 0.4) is 0 Å². The lowest BCUT2D eigenvalue weighted by Crippen LogP contribution is -2.03. The maximum absolute atomic E-state index is 3.68. The van der Waals surface area contributed by atoms with Crippen LogP contribution >= 0.6 is 11.3 Å². The molecule has 2 heterocycles. The second-order valence-electron chi connectivity index (χ2n) is 4.89. The SMILES string of the molecule is Cc1ccc(C2Cc3ccc(C)c(C)c3N2)s1. The van der Waals surface area contributed by atoms with Gasteiger partial charge >= 0.3 is 0 Å². The molecule has 1 nitrogen and oxygen atoms in total. The first-order valence-corrected chi connectivity index (χ1v) is 6.89. The number of thiophene rings is 1. The summed E-state index contributed by atoms with van der Waals surface area (Å²) >= 11 is 1.90. The molecule has 0 spiro atoms. The smallest absolute Gasteiger partial charge is 0.0647 e. The van der Waals surface area contributed by atoms with Crippen LogP contribution in [0.25, 0.3) is 0 Å². The van der Waals surface area contributed by atoms with Crippen LogP contribution in [0.15, 0.2) is 24.3 Å². The maximum Gasteiger partial charge on any atom is 0.0647 e. The molecule has 0 radical (unpaired) electrons. The molecule has 88 valence electrons. The largest absolute Gasteiger partial charge is 0.377 e. The zero-order chi connectivity index (χ0) is 12.0. The average Bonchev–Trinajstić information content (AvgIpc) is 2.90. The van der Waals surface area contributed by atoms with E-state index in [0.29, 0.717) is 6.04 Å². The second kappa shape index (κ2) is 3.88. The number of nitrogens with one attached hydrogen (secondary N) is 1. The third-order valence-electron chi connectivity index (χ3n) is 3.67. The van der Waals surface area contributed by atoms with Crippen molar-refractivity contribution in [3.63, 3.8) is 0 Å². The van der Waals surface area contributed by atoms with E-state index in [0.717, 1.165) is 6.42 Å². The Balaban J connectivity index is 1.95. The maximum atomic E-state index is 3.68. The summed E-state index contributed by atoms with van der Waals surface area (Å²) in [5, 5.41) is 3.68. The lowest BCUT2D eigenvalue weighted by molar-refractivity contribution is 0.843. The van der Waals surface area contributed by atoms with Crippen molar-refractivity contribution in [3.8, 4) is 0 Å². The molecule has 1 aliphatic rings. The van der Waals surface area contributed by atoms with E-state index in [1.165, 1.54) is 32.1 Å². The van der Waals surface area contributed by atoms with Gasteiger partial charge in [0.2, 0.25) is 0 Å². The molecule has 1 N–H and O–H groups in total. The van der Waals surface area contributed by atoms with Crippen LogP contribution < -0.4 is 5.32 Å². The Labute approximate surface area is 106 Å². The van der Waals surface area contributed by atoms with Crippen molar-refractivity contribution in [2.75, 3.05) is 5.32 Å². The van der Waals surface area contributed by atoms with E-state index in [2.05, 4.69) is 50.4 Å². The van der Waals surface area contributed by atoms with E-state index in [4.69, 9.17) is 0 Å². The number of hydrogen-bond acceptors (Lipinski definition) is 2. The minimum atomic E-state index is 0.476. The Kier molecular flexibility index (Phi) is 2.48. The van der Waals surface area contributed by atoms with Gasteiger partial charge in [-0.15, -0.1) is 11.3 Å². The van der Waals surface area contributed by atoms with Gasteiger partial charge in [0, 0.05) is 15.4 Å². The summed E-state index contributed by atoms with van der Waals surface area (Å²) in [5.74, 6) is 0. The van der Waals surface area contributed by atoms with Crippen molar-refractivity contribution in [3.05, 3.63) is 50.7 Å². The molecule has 1 unspecified atom stereocenters. The van der Waals surface area contributed by atoms with Gasteiger partial charge in [0.25, 0.3) is 0 Å². The summed E-state index contributed by atoms with van der Waals surface area (Å²) in [7, 11) is 0. The quantitative estimate of drug-likeness (QED) is 0.783. The molecule has 0 saturated heterocycles. The van der Waals surface area contributed by atoms with Gasteiger partial charge in [-0.2, -0.15) is 0 Å². The van der Waals surface area contributed by atoms with E-state index in [9.17, 15) is 0 Å². The first-order valence-electron chi connectivity index (χ1n) is 6.07. The van der Waals surface area contributed by atoms with Crippen LogP contribution in [-0.4, -0.2) is 0 Å². The zero-order valence-electron chi connectivity index (χ0n) is 10.5. The predicted molar refractivity (Wildman–Crippen MR) is 75.0 cm³/mol. The third kappa shape index (κ3) is 1.77. The number of fused-ring (bicyclic) bond motifs is 1. The fourth-order valence-electron chi connectivity index (χ4n) is 2.50. The third-order valence-corrected chi connectivity index (χ3v) is 4.78. The highest BCUT2D eigenvalue weighted by atomic mass is 32.1. The lowest BCUT2D eigenvalue weighted by Gasteiger charge is -2.10. The van der Waals surface area contributed by atoms with Crippen LogP contribution in [0.2, 0.25) is 0 Å². The highest BCUT2D eigenvalue weighted by Crippen LogP contribution is 2.39. The summed E-state index contributed by atoms with van der Waals surface area (Å²) in [6, 6.07) is 9.45. The molecular weight excluding hydrogens is 226 g/mol. The Morgan fingerprint density at radius 1 is 1.12 bits per heavy atom. The summed E-state index contributed by atoms with van der Waals surface area (Å²) in [4.78, 5) is 2.85. The fourth-order valence-corrected chi connectivity index (χ4v) is 3.43. The molecule has 0 bridgehead atoms. The first-order chi connectivity index (χ1) is 8.15. The Hall–Kier alpha value is -1.28. The standard InChI is InChI=1S/C15H17NS/c1-9-4-6-12-8-13(16-15(12)11(9)3)14-7-5-10(2)17-14/h4-7,13,16H,8H2,1-3H3. The van der Waals surface area contributed by atoms with Crippen LogP contribution in [-0.2, 0) is 6.42 Å². The van der Waals surface area contributed by atoms with Crippen molar-refractivity contribution >= 4 is 17.0 Å². The van der Waals surface area contributed by atoms with Gasteiger partial charge < -0.3 is 5.32 Å². The van der Waals surface area contributed by atoms with E-state index in [1.54, 1.807) is 0 Å². The van der Waals surface area contributed by atoms with Gasteiger partial charge in [-0.1, -0.05) is 12.1 Å². The van der Waals surface area contributed by atoms with Crippen LogP contribution in [0.4, 0.5) is 5.69 Å². The second-order valence-corrected chi connectivity index (χ2v) is 6.21. The number of benzene rings is 1. The number of anilines is 1. The summed E-state index contributed by atoms with van der Waals surface area (Å²) in [5.41, 5.74) is 5.60. The van der Waals surface area contributed by atoms with Gasteiger partial charge in [0.1, 0.15) is 0 Å². The Morgan fingerprint density at radius 3 is 2.65 bits per heavy atom. The van der Waals surface area contributed by atoms with E-state index in [-0.39, 0.29) is 0 Å². The summed E-state index contributed by atoms with van der Waals surface area (Å²) < 4.78 is 0. The van der Waals surface area contributed by atoms with Gasteiger partial charge in [-0.05, 0) is 56.0 Å². The first kappa shape index (κ1) is 10.8. The Bertz CT molecular complexity index is 568. The topological polar surface area (TPSA) is 12.0 Å². The summed E-state index contributed by atoms with van der Waals surface area (Å²) in [6.07, 6.45) is 1.12. The van der Waals surface area contributed by atoms with Crippen molar-refractivity contribution < 1.29 is 0 Å². The predicted octanol–water partition coefficient (Wildman–Crippen LogP) is 4.38. The van der Waals surface area contributed by atoms with Crippen molar-refractivity contribution in [2.45, 2.75) is 33.2 Å². The number of hydrogen-bond donors (Lipinski definition) is 1. The molecule has 2 heteroatoms. The lowest BCUT2D eigenvalue weighted by atomic mass is 10.0.